The number of nitrogens with two attached hydrogens (primary N) is 1. The van der Waals surface area contributed by atoms with Gasteiger partial charge in [-0.05, 0) is 54.1 Å². The molecule has 0 aromatic heterocycles. The number of rotatable bonds is 7. The first kappa shape index (κ1) is 17.9. The molecule has 0 saturated heterocycles. The van der Waals surface area contributed by atoms with Crippen molar-refractivity contribution in [2.75, 3.05) is 14.1 Å². The molecule has 1 amide bonds. The van der Waals surface area contributed by atoms with Crippen LogP contribution in [0.15, 0.2) is 12.7 Å². The molecular weight excluding hydrogens is 242 g/mol. The summed E-state index contributed by atoms with van der Waals surface area (Å²) in [5.41, 5.74) is 5.47. The lowest BCUT2D eigenvalue weighted by molar-refractivity contribution is 0.0500. The molecule has 0 aliphatic rings. The number of amides is 1. The number of nitrogens with zero attached hydrogens (tertiary/aromatic N) is 1. The van der Waals surface area contributed by atoms with Crippen molar-refractivity contribution in [1.29, 1.82) is 0 Å². The molecule has 19 heavy (non-hydrogen) atoms. The van der Waals surface area contributed by atoms with E-state index < -0.39 is 11.7 Å². The Bertz CT molecular complexity index is 285. The van der Waals surface area contributed by atoms with Gasteiger partial charge in [-0.25, -0.2) is 4.79 Å². The zero-order chi connectivity index (χ0) is 15.1. The van der Waals surface area contributed by atoms with Crippen LogP contribution in [0.25, 0.3) is 0 Å². The number of nitrogens with one attached hydrogen (secondary N) is 1. The van der Waals surface area contributed by atoms with Crippen LogP contribution in [0.3, 0.4) is 0 Å². The quantitative estimate of drug-likeness (QED) is 0.549. The molecule has 0 aliphatic heterocycles. The van der Waals surface area contributed by atoms with Gasteiger partial charge in [0.05, 0.1) is 6.17 Å². The summed E-state index contributed by atoms with van der Waals surface area (Å²) in [5.74, 6) is 0. The maximum Gasteiger partial charge on any atom is 0.407 e. The smallest absolute Gasteiger partial charge is 0.407 e. The van der Waals surface area contributed by atoms with Crippen molar-refractivity contribution in [3.8, 4) is 0 Å². The lowest BCUT2D eigenvalue weighted by Crippen LogP contribution is -2.41. The van der Waals surface area contributed by atoms with E-state index in [1.807, 2.05) is 39.8 Å². The summed E-state index contributed by atoms with van der Waals surface area (Å²) >= 11 is 0. The summed E-state index contributed by atoms with van der Waals surface area (Å²) in [6, 6.07) is 0.0124. The second-order valence-electron chi connectivity index (χ2n) is 5.98. The zero-order valence-electron chi connectivity index (χ0n) is 12.9. The summed E-state index contributed by atoms with van der Waals surface area (Å²) < 4.78 is 5.24. The van der Waals surface area contributed by atoms with E-state index in [1.165, 1.54) is 0 Å². The molecule has 2 atom stereocenters. The van der Waals surface area contributed by atoms with Crippen LogP contribution >= 0.6 is 0 Å². The fourth-order valence-electron chi connectivity index (χ4n) is 1.55. The summed E-state index contributed by atoms with van der Waals surface area (Å²) in [6.07, 6.45) is 3.71. The highest BCUT2D eigenvalue weighted by atomic mass is 16.6. The van der Waals surface area contributed by atoms with Crippen LogP contribution in [0.1, 0.15) is 40.0 Å². The molecule has 5 nitrogen and oxygen atoms in total. The minimum absolute atomic E-state index is 0.00671. The highest BCUT2D eigenvalue weighted by molar-refractivity contribution is 5.68. The average Bonchev–Trinajstić information content (AvgIpc) is 2.22. The van der Waals surface area contributed by atoms with Crippen molar-refractivity contribution in [1.82, 2.24) is 10.2 Å². The average molecular weight is 271 g/mol. The van der Waals surface area contributed by atoms with E-state index in [1.54, 1.807) is 6.08 Å². The summed E-state index contributed by atoms with van der Waals surface area (Å²) in [4.78, 5) is 13.7. The van der Waals surface area contributed by atoms with Gasteiger partial charge in [0.15, 0.2) is 0 Å². The molecule has 0 spiro atoms. The maximum absolute atomic E-state index is 11.7. The number of alkyl carbamates (subject to hydrolysis) is 1. The predicted molar refractivity (Wildman–Crippen MR) is 78.9 cm³/mol. The molecule has 0 fully saturated rings. The molecule has 5 heteroatoms. The van der Waals surface area contributed by atoms with E-state index >= 15 is 0 Å². The summed E-state index contributed by atoms with van der Waals surface area (Å²) in [6.45, 7) is 9.24. The van der Waals surface area contributed by atoms with Crippen LogP contribution in [0.5, 0.6) is 0 Å². The Morgan fingerprint density at radius 1 is 1.42 bits per heavy atom. The largest absolute Gasteiger partial charge is 0.444 e. The third-order valence-corrected chi connectivity index (χ3v) is 2.65. The van der Waals surface area contributed by atoms with E-state index in [9.17, 15) is 4.79 Å². The monoisotopic (exact) mass is 271 g/mol. The van der Waals surface area contributed by atoms with Gasteiger partial charge in [-0.15, -0.1) is 6.58 Å². The van der Waals surface area contributed by atoms with Crippen LogP contribution in [0.2, 0.25) is 0 Å². The van der Waals surface area contributed by atoms with Gasteiger partial charge in [0.25, 0.3) is 0 Å². The van der Waals surface area contributed by atoms with Crippen LogP contribution < -0.4 is 11.1 Å². The van der Waals surface area contributed by atoms with Gasteiger partial charge in [-0.3, -0.25) is 4.90 Å². The van der Waals surface area contributed by atoms with Gasteiger partial charge < -0.3 is 15.8 Å². The summed E-state index contributed by atoms with van der Waals surface area (Å²) in [7, 11) is 3.88. The van der Waals surface area contributed by atoms with Gasteiger partial charge in [0, 0.05) is 6.04 Å². The molecule has 112 valence electrons. The van der Waals surface area contributed by atoms with Crippen molar-refractivity contribution in [2.24, 2.45) is 5.73 Å². The number of carbonyl (C=O) groups excluding carboxylic acids is 1. The number of carbonyl (C=O) groups is 1. The zero-order valence-corrected chi connectivity index (χ0v) is 12.9. The van der Waals surface area contributed by atoms with Gasteiger partial charge in [-0.1, -0.05) is 6.08 Å². The van der Waals surface area contributed by atoms with E-state index in [2.05, 4.69) is 11.9 Å². The molecule has 0 rings (SSSR count). The minimum Gasteiger partial charge on any atom is -0.444 e. The fraction of sp³-hybridized carbons (Fsp3) is 0.786. The lowest BCUT2D eigenvalue weighted by atomic mass is 10.1. The molecule has 0 aromatic rings. The van der Waals surface area contributed by atoms with E-state index in [0.29, 0.717) is 6.42 Å². The van der Waals surface area contributed by atoms with Crippen molar-refractivity contribution >= 4 is 6.09 Å². The number of hydrogen-bond acceptors (Lipinski definition) is 4. The molecule has 0 saturated carbocycles. The van der Waals surface area contributed by atoms with E-state index in [0.717, 1.165) is 12.8 Å². The first-order valence-electron chi connectivity index (χ1n) is 6.68. The van der Waals surface area contributed by atoms with Gasteiger partial charge in [-0.2, -0.15) is 0 Å². The second-order valence-corrected chi connectivity index (χ2v) is 5.98. The Labute approximate surface area is 117 Å². The highest BCUT2D eigenvalue weighted by Gasteiger charge is 2.19. The topological polar surface area (TPSA) is 67.6 Å². The van der Waals surface area contributed by atoms with Crippen LogP contribution in [-0.4, -0.2) is 42.9 Å². The molecule has 0 heterocycles. The van der Waals surface area contributed by atoms with Crippen molar-refractivity contribution in [3.63, 3.8) is 0 Å². The SMILES string of the molecule is C=CCC(CCC(N)N(C)C)NC(=O)OC(C)(C)C. The van der Waals surface area contributed by atoms with E-state index in [4.69, 9.17) is 10.5 Å². The Morgan fingerprint density at radius 3 is 2.42 bits per heavy atom. The van der Waals surface area contributed by atoms with Crippen molar-refractivity contribution in [2.45, 2.75) is 57.8 Å². The van der Waals surface area contributed by atoms with Crippen LogP contribution in [0, 0.1) is 0 Å². The third kappa shape index (κ3) is 9.50. The Hall–Kier alpha value is -1.07. The first-order valence-corrected chi connectivity index (χ1v) is 6.68. The molecule has 2 unspecified atom stereocenters. The predicted octanol–water partition coefficient (Wildman–Crippen LogP) is 2.08. The Morgan fingerprint density at radius 2 is 2.00 bits per heavy atom. The van der Waals surface area contributed by atoms with E-state index in [-0.39, 0.29) is 12.2 Å². The molecule has 0 aromatic carbocycles. The van der Waals surface area contributed by atoms with Crippen molar-refractivity contribution < 1.29 is 9.53 Å². The number of hydrogen-bond donors (Lipinski definition) is 2. The van der Waals surface area contributed by atoms with Crippen LogP contribution in [0.4, 0.5) is 4.79 Å². The lowest BCUT2D eigenvalue weighted by Gasteiger charge is -2.25. The Balaban J connectivity index is 4.25. The third-order valence-electron chi connectivity index (χ3n) is 2.65. The van der Waals surface area contributed by atoms with Crippen molar-refractivity contribution in [3.05, 3.63) is 12.7 Å². The normalized spacial score (nSPS) is 14.9. The maximum atomic E-state index is 11.7. The molecular formula is C14H29N3O2. The molecule has 0 radical (unpaired) electrons. The minimum atomic E-state index is -0.483. The highest BCUT2D eigenvalue weighted by Crippen LogP contribution is 2.10. The molecule has 3 N–H and O–H groups in total. The fourth-order valence-corrected chi connectivity index (χ4v) is 1.55. The second kappa shape index (κ2) is 8.17. The molecule has 0 aliphatic carbocycles. The van der Waals surface area contributed by atoms with Crippen LogP contribution in [-0.2, 0) is 4.74 Å². The van der Waals surface area contributed by atoms with Gasteiger partial charge in [0.1, 0.15) is 5.60 Å². The van der Waals surface area contributed by atoms with Gasteiger partial charge in [0.2, 0.25) is 0 Å². The van der Waals surface area contributed by atoms with Gasteiger partial charge >= 0.3 is 6.09 Å². The molecule has 0 bridgehead atoms. The Kier molecular flexibility index (Phi) is 7.71. The standard InChI is InChI=1S/C14H29N3O2/c1-7-8-11(9-10-12(15)17(5)6)16-13(18)19-14(2,3)4/h7,11-12H,1,8-10,15H2,2-6H3,(H,16,18). The summed E-state index contributed by atoms with van der Waals surface area (Å²) in [5, 5.41) is 2.86. The number of ether oxygens (including phenoxy) is 1. The first-order chi connectivity index (χ1) is 8.65.